The highest BCUT2D eigenvalue weighted by molar-refractivity contribution is 5.94. The summed E-state index contributed by atoms with van der Waals surface area (Å²) in [5, 5.41) is 5.65. The smallest absolute Gasteiger partial charge is 0.387 e. The summed E-state index contributed by atoms with van der Waals surface area (Å²) >= 11 is 0. The molecule has 0 unspecified atom stereocenters. The van der Waals surface area contributed by atoms with E-state index in [0.717, 1.165) is 18.4 Å². The molecule has 0 fully saturated rings. The van der Waals surface area contributed by atoms with E-state index in [4.69, 9.17) is 0 Å². The Morgan fingerprint density at radius 1 is 0.964 bits per heavy atom. The van der Waals surface area contributed by atoms with Crippen molar-refractivity contribution in [2.45, 2.75) is 39.3 Å². The first-order valence-electron chi connectivity index (χ1n) is 9.15. The van der Waals surface area contributed by atoms with Crippen LogP contribution in [0.5, 0.6) is 5.75 Å². The number of amides is 2. The maximum absolute atomic E-state index is 12.1. The van der Waals surface area contributed by atoms with Crippen molar-refractivity contribution in [3.05, 3.63) is 65.2 Å². The van der Waals surface area contributed by atoms with Crippen LogP contribution in [0.25, 0.3) is 0 Å². The van der Waals surface area contributed by atoms with Gasteiger partial charge in [0.2, 0.25) is 5.91 Å². The number of rotatable bonds is 10. The van der Waals surface area contributed by atoms with Gasteiger partial charge in [-0.1, -0.05) is 37.6 Å². The lowest BCUT2D eigenvalue weighted by Crippen LogP contribution is -2.25. The van der Waals surface area contributed by atoms with Crippen molar-refractivity contribution in [2.24, 2.45) is 0 Å². The second-order valence-corrected chi connectivity index (χ2v) is 6.28. The molecular formula is C21H24F2N2O3. The Labute approximate surface area is 163 Å². The number of benzene rings is 2. The number of carbonyl (C=O) groups is 2. The number of hydrogen-bond acceptors (Lipinski definition) is 3. The molecule has 0 saturated heterocycles. The lowest BCUT2D eigenvalue weighted by molar-refractivity contribution is -0.120. The lowest BCUT2D eigenvalue weighted by Gasteiger charge is -2.08. The van der Waals surface area contributed by atoms with Gasteiger partial charge in [0.25, 0.3) is 5.91 Å². The van der Waals surface area contributed by atoms with E-state index in [-0.39, 0.29) is 24.0 Å². The van der Waals surface area contributed by atoms with Crippen molar-refractivity contribution < 1.29 is 23.1 Å². The number of carbonyl (C=O) groups excluding carboxylic acids is 2. The first-order chi connectivity index (χ1) is 13.5. The van der Waals surface area contributed by atoms with E-state index in [2.05, 4.69) is 22.3 Å². The van der Waals surface area contributed by atoms with Crippen molar-refractivity contribution in [1.82, 2.24) is 10.6 Å². The SMILES string of the molecule is CCCCNC(=O)c1ccc(CNC(=O)Cc2ccc(OC(F)F)cc2)cc1. The van der Waals surface area contributed by atoms with Crippen LogP contribution in [0.4, 0.5) is 8.78 Å². The van der Waals surface area contributed by atoms with E-state index < -0.39 is 6.61 Å². The van der Waals surface area contributed by atoms with Crippen molar-refractivity contribution >= 4 is 11.8 Å². The van der Waals surface area contributed by atoms with Crippen LogP contribution in [-0.4, -0.2) is 25.0 Å². The van der Waals surface area contributed by atoms with Gasteiger partial charge in [-0.2, -0.15) is 8.78 Å². The minimum Gasteiger partial charge on any atom is -0.435 e. The summed E-state index contributed by atoms with van der Waals surface area (Å²) in [5.74, 6) is -0.245. The molecule has 7 heteroatoms. The predicted molar refractivity (Wildman–Crippen MR) is 102 cm³/mol. The van der Waals surface area contributed by atoms with Crippen molar-refractivity contribution in [1.29, 1.82) is 0 Å². The van der Waals surface area contributed by atoms with Crippen molar-refractivity contribution in [3.8, 4) is 5.75 Å². The first-order valence-corrected chi connectivity index (χ1v) is 9.15. The second kappa shape index (κ2) is 11.0. The fourth-order valence-corrected chi connectivity index (χ4v) is 2.49. The van der Waals surface area contributed by atoms with Crippen LogP contribution in [0.15, 0.2) is 48.5 Å². The zero-order valence-corrected chi connectivity index (χ0v) is 15.7. The van der Waals surface area contributed by atoms with Crippen LogP contribution in [0.2, 0.25) is 0 Å². The van der Waals surface area contributed by atoms with Gasteiger partial charge in [-0.05, 0) is 41.8 Å². The Morgan fingerprint density at radius 3 is 2.21 bits per heavy atom. The van der Waals surface area contributed by atoms with E-state index in [1.54, 1.807) is 36.4 Å². The van der Waals surface area contributed by atoms with Crippen LogP contribution in [0.3, 0.4) is 0 Å². The molecule has 0 atom stereocenters. The highest BCUT2D eigenvalue weighted by atomic mass is 19.3. The highest BCUT2D eigenvalue weighted by Crippen LogP contribution is 2.15. The second-order valence-electron chi connectivity index (χ2n) is 6.28. The van der Waals surface area contributed by atoms with E-state index in [9.17, 15) is 18.4 Å². The summed E-state index contributed by atoms with van der Waals surface area (Å²) in [6.07, 6.45) is 2.09. The van der Waals surface area contributed by atoms with Gasteiger partial charge in [-0.15, -0.1) is 0 Å². The Hall–Kier alpha value is -2.96. The average molecular weight is 390 g/mol. The highest BCUT2D eigenvalue weighted by Gasteiger charge is 2.08. The third-order valence-corrected chi connectivity index (χ3v) is 4.03. The molecule has 28 heavy (non-hydrogen) atoms. The predicted octanol–water partition coefficient (Wildman–Crippen LogP) is 3.68. The number of hydrogen-bond donors (Lipinski definition) is 2. The first kappa shape index (κ1) is 21.3. The zero-order chi connectivity index (χ0) is 20.4. The maximum Gasteiger partial charge on any atom is 0.387 e. The third kappa shape index (κ3) is 7.34. The summed E-state index contributed by atoms with van der Waals surface area (Å²) in [4.78, 5) is 24.0. The minimum absolute atomic E-state index is 0.0537. The van der Waals surface area contributed by atoms with Crippen LogP contribution in [0, 0.1) is 0 Å². The Kier molecular flexibility index (Phi) is 8.39. The average Bonchev–Trinajstić information content (AvgIpc) is 2.68. The Bertz CT molecular complexity index is 762. The minimum atomic E-state index is -2.87. The van der Waals surface area contributed by atoms with E-state index in [1.807, 2.05) is 0 Å². The molecule has 0 aliphatic rings. The summed E-state index contributed by atoms with van der Waals surface area (Å²) < 4.78 is 28.5. The molecule has 0 radical (unpaired) electrons. The fraction of sp³-hybridized carbons (Fsp3) is 0.333. The fourth-order valence-electron chi connectivity index (χ4n) is 2.49. The van der Waals surface area contributed by atoms with Gasteiger partial charge in [-0.25, -0.2) is 0 Å². The van der Waals surface area contributed by atoms with E-state index >= 15 is 0 Å². The molecular weight excluding hydrogens is 366 g/mol. The van der Waals surface area contributed by atoms with Crippen LogP contribution < -0.4 is 15.4 Å². The van der Waals surface area contributed by atoms with Crippen molar-refractivity contribution in [3.63, 3.8) is 0 Å². The Balaban J connectivity index is 1.78. The van der Waals surface area contributed by atoms with Gasteiger partial charge in [0.15, 0.2) is 0 Å². The molecule has 0 aliphatic carbocycles. The van der Waals surface area contributed by atoms with E-state index in [0.29, 0.717) is 24.2 Å². The van der Waals surface area contributed by atoms with Gasteiger partial charge >= 0.3 is 6.61 Å². The molecule has 2 amide bonds. The summed E-state index contributed by atoms with van der Waals surface area (Å²) in [6, 6.07) is 13.0. The molecule has 150 valence electrons. The topological polar surface area (TPSA) is 67.4 Å². The number of alkyl halides is 2. The summed E-state index contributed by atoms with van der Waals surface area (Å²) in [6.45, 7) is 0.181. The van der Waals surface area contributed by atoms with Gasteiger partial charge in [-0.3, -0.25) is 9.59 Å². The molecule has 0 aliphatic heterocycles. The maximum atomic E-state index is 12.1. The summed E-state index contributed by atoms with van der Waals surface area (Å²) in [7, 11) is 0. The molecule has 2 N–H and O–H groups in total. The molecule has 0 spiro atoms. The van der Waals surface area contributed by atoms with Gasteiger partial charge < -0.3 is 15.4 Å². The number of ether oxygens (including phenoxy) is 1. The quantitative estimate of drug-likeness (QED) is 0.608. The van der Waals surface area contributed by atoms with Gasteiger partial charge in [0, 0.05) is 18.7 Å². The normalized spacial score (nSPS) is 10.6. The molecule has 2 rings (SSSR count). The molecule has 5 nitrogen and oxygen atoms in total. The van der Waals surface area contributed by atoms with Gasteiger partial charge in [0.1, 0.15) is 5.75 Å². The van der Waals surface area contributed by atoms with Crippen LogP contribution >= 0.6 is 0 Å². The summed E-state index contributed by atoms with van der Waals surface area (Å²) in [5.41, 5.74) is 2.15. The monoisotopic (exact) mass is 390 g/mol. The molecule has 0 bridgehead atoms. The zero-order valence-electron chi connectivity index (χ0n) is 15.7. The van der Waals surface area contributed by atoms with Crippen molar-refractivity contribution in [2.75, 3.05) is 6.54 Å². The van der Waals surface area contributed by atoms with Crippen LogP contribution in [0.1, 0.15) is 41.3 Å². The van der Waals surface area contributed by atoms with E-state index in [1.165, 1.54) is 12.1 Å². The number of halogens is 2. The number of nitrogens with one attached hydrogen (secondary N) is 2. The lowest BCUT2D eigenvalue weighted by atomic mass is 10.1. The standard InChI is InChI=1S/C21H24F2N2O3/c1-2-3-12-24-20(27)17-8-4-16(5-9-17)14-25-19(26)13-15-6-10-18(11-7-15)28-21(22)23/h4-11,21H,2-3,12-14H2,1H3,(H,24,27)(H,25,26). The molecule has 2 aromatic carbocycles. The largest absolute Gasteiger partial charge is 0.435 e. The molecule has 0 heterocycles. The van der Waals surface area contributed by atoms with Gasteiger partial charge in [0.05, 0.1) is 6.42 Å². The molecule has 0 aromatic heterocycles. The molecule has 2 aromatic rings. The number of unbranched alkanes of at least 4 members (excludes halogenated alkanes) is 1. The Morgan fingerprint density at radius 2 is 1.61 bits per heavy atom. The van der Waals surface area contributed by atoms with Crippen LogP contribution in [-0.2, 0) is 17.8 Å². The third-order valence-electron chi connectivity index (χ3n) is 4.03. The molecule has 0 saturated carbocycles.